The quantitative estimate of drug-likeness (QED) is 0.775. The van der Waals surface area contributed by atoms with Crippen LogP contribution in [0.1, 0.15) is 24.5 Å². The number of rotatable bonds is 2. The lowest BCUT2D eigenvalue weighted by Gasteiger charge is -2.39. The van der Waals surface area contributed by atoms with Crippen LogP contribution in [-0.2, 0) is 15.7 Å². The first-order valence-electron chi connectivity index (χ1n) is 7.45. The second kappa shape index (κ2) is 5.01. The third kappa shape index (κ3) is 2.54. The molecule has 3 rings (SSSR count). The van der Waals surface area contributed by atoms with Gasteiger partial charge in [-0.3, -0.25) is 0 Å². The van der Waals surface area contributed by atoms with Crippen LogP contribution in [0, 0.1) is 11.8 Å². The van der Waals surface area contributed by atoms with Crippen molar-refractivity contribution in [3.63, 3.8) is 0 Å². The van der Waals surface area contributed by atoms with Gasteiger partial charge in [0.1, 0.15) is 0 Å². The summed E-state index contributed by atoms with van der Waals surface area (Å²) in [5.74, 6) is 0.822. The molecule has 0 saturated carbocycles. The van der Waals surface area contributed by atoms with E-state index in [9.17, 15) is 0 Å². The normalized spacial score (nSPS) is 29.0. The molecule has 3 atom stereocenters. The van der Waals surface area contributed by atoms with Gasteiger partial charge >= 0.3 is 0 Å². The second-order valence-electron chi connectivity index (χ2n) is 6.84. The van der Waals surface area contributed by atoms with Crippen molar-refractivity contribution in [1.82, 2.24) is 0 Å². The Hall–Kier alpha value is -1.13. The Bertz CT molecular complexity index is 536. The Morgan fingerprint density at radius 1 is 1.25 bits per heavy atom. The number of hydrogen-bond acceptors (Lipinski definition) is 3. The maximum Gasteiger partial charge on any atom is 0.221 e. The van der Waals surface area contributed by atoms with Gasteiger partial charge in [0.25, 0.3) is 0 Å². The van der Waals surface area contributed by atoms with Gasteiger partial charge in [-0.2, -0.15) is 0 Å². The smallest absolute Gasteiger partial charge is 0.221 e. The molecule has 0 fully saturated rings. The minimum absolute atomic E-state index is 0.180. The Balaban J connectivity index is 1.89. The van der Waals surface area contributed by atoms with E-state index in [1.165, 1.54) is 11.1 Å². The summed E-state index contributed by atoms with van der Waals surface area (Å²) < 4.78 is 6.14. The molecule has 0 amide bonds. The summed E-state index contributed by atoms with van der Waals surface area (Å²) >= 11 is 0. The van der Waals surface area contributed by atoms with Crippen LogP contribution in [0.15, 0.2) is 29.4 Å². The van der Waals surface area contributed by atoms with Gasteiger partial charge in [0.2, 0.25) is 6.29 Å². The number of nitrogens with zero attached hydrogens (tertiary/aromatic N) is 1. The largest absolute Gasteiger partial charge is 0.382 e. The molecule has 0 unspecified atom stereocenters. The van der Waals surface area contributed by atoms with Crippen LogP contribution < -0.4 is 0 Å². The highest BCUT2D eigenvalue weighted by Gasteiger charge is 2.40. The molecule has 4 heteroatoms. The molecule has 0 spiro atoms. The van der Waals surface area contributed by atoms with E-state index in [4.69, 9.17) is 9.26 Å². The van der Waals surface area contributed by atoms with Gasteiger partial charge in [-0.25, -0.2) is 0 Å². The second-order valence-corrected chi connectivity index (χ2v) is 11.3. The van der Waals surface area contributed by atoms with Crippen molar-refractivity contribution in [3.05, 3.63) is 35.4 Å². The van der Waals surface area contributed by atoms with Gasteiger partial charge in [0.05, 0.1) is 5.71 Å². The zero-order valence-corrected chi connectivity index (χ0v) is 13.7. The zero-order valence-electron chi connectivity index (χ0n) is 12.7. The first kappa shape index (κ1) is 13.8. The van der Waals surface area contributed by atoms with E-state index in [0.29, 0.717) is 11.8 Å². The van der Waals surface area contributed by atoms with E-state index in [2.05, 4.69) is 56.0 Å². The van der Waals surface area contributed by atoms with Crippen molar-refractivity contribution < 1.29 is 9.26 Å². The number of aryl methyl sites for hydroxylation is 1. The highest BCUT2D eigenvalue weighted by molar-refractivity contribution is 6.69. The number of oxime groups is 1. The Morgan fingerprint density at radius 2 is 2.00 bits per heavy atom. The van der Waals surface area contributed by atoms with Crippen LogP contribution >= 0.6 is 0 Å². The predicted molar refractivity (Wildman–Crippen MR) is 83.3 cm³/mol. The fourth-order valence-electron chi connectivity index (χ4n) is 3.14. The summed E-state index contributed by atoms with van der Waals surface area (Å²) in [7, 11) is -1.61. The highest BCUT2D eigenvalue weighted by Crippen LogP contribution is 2.37. The molecule has 1 aromatic rings. The molecule has 20 heavy (non-hydrogen) atoms. The molecular formula is C16H23NO2Si. The maximum atomic E-state index is 6.14. The van der Waals surface area contributed by atoms with Crippen molar-refractivity contribution >= 4 is 14.0 Å². The van der Waals surface area contributed by atoms with Gasteiger partial charge < -0.3 is 9.26 Å². The molecule has 1 aliphatic carbocycles. The molecule has 1 aliphatic heterocycles. The van der Waals surface area contributed by atoms with Crippen LogP contribution in [0.2, 0.25) is 19.6 Å². The van der Waals surface area contributed by atoms with Gasteiger partial charge in [0.15, 0.2) is 8.32 Å². The van der Waals surface area contributed by atoms with Crippen molar-refractivity contribution in [3.8, 4) is 0 Å². The monoisotopic (exact) mass is 289 g/mol. The summed E-state index contributed by atoms with van der Waals surface area (Å²) in [6.45, 7) is 8.81. The first-order chi connectivity index (χ1) is 9.46. The third-order valence-electron chi connectivity index (χ3n) is 4.16. The fourth-order valence-corrected chi connectivity index (χ4v) is 4.09. The minimum atomic E-state index is -1.61. The molecule has 0 radical (unpaired) electrons. The van der Waals surface area contributed by atoms with Crippen LogP contribution in [0.3, 0.4) is 0 Å². The molecule has 108 valence electrons. The van der Waals surface area contributed by atoms with Gasteiger partial charge in [-0.1, -0.05) is 36.3 Å². The number of fused-ring (bicyclic) bond motifs is 3. The van der Waals surface area contributed by atoms with E-state index in [1.54, 1.807) is 0 Å². The SMILES string of the molecule is C[C@H]1[C@H](O[Si](C)(C)C)ON=C2c3ccccc3CC[C@H]21. The van der Waals surface area contributed by atoms with E-state index in [-0.39, 0.29) is 6.29 Å². The van der Waals surface area contributed by atoms with Crippen molar-refractivity contribution in [2.24, 2.45) is 17.0 Å². The fraction of sp³-hybridized carbons (Fsp3) is 0.562. The highest BCUT2D eigenvalue weighted by atomic mass is 28.4. The minimum Gasteiger partial charge on any atom is -0.382 e. The summed E-state index contributed by atoms with van der Waals surface area (Å²) in [4.78, 5) is 5.69. The maximum absolute atomic E-state index is 6.14. The van der Waals surface area contributed by atoms with Crippen molar-refractivity contribution in [1.29, 1.82) is 0 Å². The lowest BCUT2D eigenvalue weighted by molar-refractivity contribution is -0.135. The molecule has 0 saturated heterocycles. The Morgan fingerprint density at radius 3 is 2.75 bits per heavy atom. The third-order valence-corrected chi connectivity index (χ3v) is 5.10. The summed E-state index contributed by atoms with van der Waals surface area (Å²) in [6.07, 6.45) is 2.09. The Kier molecular flexibility index (Phi) is 3.46. The molecule has 1 heterocycles. The van der Waals surface area contributed by atoms with Crippen LogP contribution in [0.5, 0.6) is 0 Å². The van der Waals surface area contributed by atoms with Gasteiger partial charge in [-0.15, -0.1) is 0 Å². The van der Waals surface area contributed by atoms with Crippen LogP contribution in [-0.4, -0.2) is 20.3 Å². The van der Waals surface area contributed by atoms with Crippen LogP contribution in [0.4, 0.5) is 0 Å². The molecule has 1 aromatic carbocycles. The van der Waals surface area contributed by atoms with E-state index in [1.807, 2.05) is 0 Å². The summed E-state index contributed by atoms with van der Waals surface area (Å²) in [5.41, 5.74) is 3.78. The lowest BCUT2D eigenvalue weighted by Crippen LogP contribution is -2.45. The average Bonchev–Trinajstić information content (AvgIpc) is 2.40. The molecule has 3 nitrogen and oxygen atoms in total. The molecule has 0 N–H and O–H groups in total. The van der Waals surface area contributed by atoms with Crippen LogP contribution in [0.25, 0.3) is 0 Å². The first-order valence-corrected chi connectivity index (χ1v) is 10.9. The van der Waals surface area contributed by atoms with E-state index >= 15 is 0 Å². The topological polar surface area (TPSA) is 30.8 Å². The van der Waals surface area contributed by atoms with E-state index < -0.39 is 8.32 Å². The van der Waals surface area contributed by atoms with Gasteiger partial charge in [-0.05, 0) is 38.0 Å². The molecule has 0 bridgehead atoms. The predicted octanol–water partition coefficient (Wildman–Crippen LogP) is 3.80. The van der Waals surface area contributed by atoms with Crippen molar-refractivity contribution in [2.75, 3.05) is 0 Å². The average molecular weight is 289 g/mol. The number of benzene rings is 1. The van der Waals surface area contributed by atoms with Gasteiger partial charge in [0, 0.05) is 17.4 Å². The lowest BCUT2D eigenvalue weighted by atomic mass is 9.75. The number of hydrogen-bond donors (Lipinski definition) is 0. The van der Waals surface area contributed by atoms with E-state index in [0.717, 1.165) is 18.6 Å². The van der Waals surface area contributed by atoms with Crippen molar-refractivity contribution in [2.45, 2.75) is 45.7 Å². The summed E-state index contributed by atoms with van der Waals surface area (Å²) in [5, 5.41) is 4.42. The molecular weight excluding hydrogens is 266 g/mol. The zero-order chi connectivity index (χ0) is 14.3. The Labute approximate surface area is 122 Å². The molecule has 2 aliphatic rings. The summed E-state index contributed by atoms with van der Waals surface area (Å²) in [6, 6.07) is 8.54. The molecule has 0 aromatic heterocycles. The standard InChI is InChI=1S/C16H23NO2Si/c1-11-13-10-9-12-7-5-6-8-14(12)15(13)17-18-16(11)19-20(2,3)4/h5-8,11,13,16H,9-10H2,1-4H3/t11-,13+,16+/m1/s1.